The molecule has 0 aromatic rings. The Morgan fingerprint density at radius 1 is 1.83 bits per heavy atom. The molecule has 0 aliphatic rings. The molecule has 0 spiro atoms. The molecule has 0 aliphatic carbocycles. The normalized spacial score (nSPS) is 6.67. The van der Waals surface area contributed by atoms with Crippen molar-refractivity contribution in [2.24, 2.45) is 0 Å². The Hall–Kier alpha value is -0.790. The highest BCUT2D eigenvalue weighted by molar-refractivity contribution is 5.50. The van der Waals surface area contributed by atoms with Crippen molar-refractivity contribution in [1.29, 1.82) is 0 Å². The van der Waals surface area contributed by atoms with Gasteiger partial charge < -0.3 is 5.32 Å². The van der Waals surface area contributed by atoms with Crippen molar-refractivity contribution in [3.05, 3.63) is 12.7 Å². The molecule has 6 heavy (non-hydrogen) atoms. The molecule has 0 aliphatic heterocycles. The van der Waals surface area contributed by atoms with E-state index in [1.54, 1.807) is 6.08 Å². The summed E-state index contributed by atoms with van der Waals surface area (Å²) in [5, 5.41) is 10.4. The van der Waals surface area contributed by atoms with Crippen LogP contribution in [-0.2, 0) is 0 Å². The van der Waals surface area contributed by atoms with E-state index in [0.29, 0.717) is 6.54 Å². The van der Waals surface area contributed by atoms with Crippen molar-refractivity contribution in [1.82, 2.24) is 10.7 Å². The number of hydrogen-bond acceptors (Lipinski definition) is 0. The van der Waals surface area contributed by atoms with Crippen molar-refractivity contribution in [2.45, 2.75) is 0 Å². The van der Waals surface area contributed by atoms with Crippen molar-refractivity contribution in [3.63, 3.8) is 0 Å². The molecular formula is C4H7N2. The Morgan fingerprint density at radius 3 is 2.67 bits per heavy atom. The molecule has 0 unspecified atom stereocenters. The summed E-state index contributed by atoms with van der Waals surface area (Å²) < 4.78 is 0. The molecule has 0 amide bonds. The summed E-state index contributed by atoms with van der Waals surface area (Å²) in [7, 11) is 0. The molecule has 0 bridgehead atoms. The Morgan fingerprint density at radius 2 is 2.50 bits per heavy atom. The number of nitrogens with zero attached hydrogens (tertiary/aromatic N) is 1. The van der Waals surface area contributed by atoms with E-state index in [1.165, 1.54) is 0 Å². The van der Waals surface area contributed by atoms with Crippen LogP contribution in [0.2, 0.25) is 0 Å². The van der Waals surface area contributed by atoms with Crippen molar-refractivity contribution in [2.75, 3.05) is 6.54 Å². The van der Waals surface area contributed by atoms with Crippen LogP contribution in [0.5, 0.6) is 0 Å². The fraction of sp³-hybridized carbons (Fsp3) is 0.250. The van der Waals surface area contributed by atoms with Crippen LogP contribution >= 0.6 is 0 Å². The minimum atomic E-state index is 0.622. The maximum atomic E-state index is 7.91. The van der Waals surface area contributed by atoms with Crippen LogP contribution < -0.4 is 10.7 Å². The van der Waals surface area contributed by atoms with Gasteiger partial charge in [-0.1, -0.05) is 6.08 Å². The van der Waals surface area contributed by atoms with Gasteiger partial charge in [0, 0.05) is 6.54 Å². The lowest BCUT2D eigenvalue weighted by Crippen LogP contribution is -2.09. The number of rotatable bonds is 3. The van der Waals surface area contributed by atoms with Crippen LogP contribution in [0.1, 0.15) is 0 Å². The number of nitrogens with one attached hydrogen (secondary N) is 1. The smallest absolute Gasteiger partial charge is 0.111 e. The second kappa shape index (κ2) is 4.21. The van der Waals surface area contributed by atoms with Gasteiger partial charge in [-0.25, -0.2) is 0 Å². The van der Waals surface area contributed by atoms with E-state index in [1.807, 2.05) is 0 Å². The molecule has 2 heteroatoms. The Labute approximate surface area is 37.4 Å². The van der Waals surface area contributed by atoms with Crippen molar-refractivity contribution >= 4 is 6.34 Å². The zero-order valence-corrected chi connectivity index (χ0v) is 3.52. The van der Waals surface area contributed by atoms with Crippen LogP contribution in [0.15, 0.2) is 12.7 Å². The third-order valence-corrected chi connectivity index (χ3v) is 0.353. The minimum absolute atomic E-state index is 0.622. The first kappa shape index (κ1) is 5.21. The highest BCUT2D eigenvalue weighted by Gasteiger charge is 1.61. The van der Waals surface area contributed by atoms with E-state index in [0.717, 1.165) is 6.34 Å². The molecule has 0 fully saturated rings. The minimum Gasteiger partial charge on any atom is -0.371 e. The topological polar surface area (TPSA) is 34.3 Å². The highest BCUT2D eigenvalue weighted by Crippen LogP contribution is 1.49. The van der Waals surface area contributed by atoms with Crippen molar-refractivity contribution in [3.8, 4) is 0 Å². The summed E-state index contributed by atoms with van der Waals surface area (Å²) >= 11 is 0. The Balaban J connectivity index is 2.66. The molecule has 0 heterocycles. The van der Waals surface area contributed by atoms with E-state index in [4.69, 9.17) is 5.41 Å². The molecule has 0 atom stereocenters. The highest BCUT2D eigenvalue weighted by atomic mass is 14.9. The van der Waals surface area contributed by atoms with Crippen LogP contribution in [0.3, 0.4) is 0 Å². The zero-order chi connectivity index (χ0) is 4.83. The first-order chi connectivity index (χ1) is 2.91. The molecule has 33 valence electrons. The van der Waals surface area contributed by atoms with Gasteiger partial charge in [0.15, 0.2) is 0 Å². The predicted octanol–water partition coefficient (Wildman–Crippen LogP) is -0.410. The van der Waals surface area contributed by atoms with E-state index in [2.05, 4.69) is 11.9 Å². The lowest BCUT2D eigenvalue weighted by molar-refractivity contribution is 1.07. The summed E-state index contributed by atoms with van der Waals surface area (Å²) in [5.74, 6) is 0. The van der Waals surface area contributed by atoms with Crippen LogP contribution in [0.25, 0.3) is 0 Å². The standard InChI is InChI=1S/C4H7N2/c1-2-3-6-4-5/h2,4,6H,1,3H2. The predicted molar refractivity (Wildman–Crippen MR) is 26.4 cm³/mol. The zero-order valence-electron chi connectivity index (χ0n) is 3.52. The summed E-state index contributed by atoms with van der Waals surface area (Å²) in [6, 6.07) is 0. The lowest BCUT2D eigenvalue weighted by Gasteiger charge is -1.83. The fourth-order valence-corrected chi connectivity index (χ4v) is 0.136. The van der Waals surface area contributed by atoms with Crippen molar-refractivity contribution < 1.29 is 0 Å². The second-order valence-electron chi connectivity index (χ2n) is 0.826. The van der Waals surface area contributed by atoms with Gasteiger partial charge in [0.1, 0.15) is 6.34 Å². The molecule has 0 saturated heterocycles. The van der Waals surface area contributed by atoms with Crippen LogP contribution in [0, 0.1) is 0 Å². The van der Waals surface area contributed by atoms with Gasteiger partial charge in [-0.15, -0.1) is 12.0 Å². The van der Waals surface area contributed by atoms with Gasteiger partial charge >= 0.3 is 0 Å². The first-order valence-corrected chi connectivity index (χ1v) is 1.72. The largest absolute Gasteiger partial charge is 0.371 e. The molecule has 0 aromatic heterocycles. The van der Waals surface area contributed by atoms with Gasteiger partial charge in [0.05, 0.1) is 0 Å². The van der Waals surface area contributed by atoms with Gasteiger partial charge in [0.25, 0.3) is 0 Å². The fourth-order valence-electron chi connectivity index (χ4n) is 0.136. The lowest BCUT2D eigenvalue weighted by atomic mass is 10.6. The van der Waals surface area contributed by atoms with E-state index >= 15 is 0 Å². The third kappa shape index (κ3) is 3.21. The van der Waals surface area contributed by atoms with Gasteiger partial charge in [-0.05, 0) is 0 Å². The Bertz CT molecular complexity index is 41.5. The monoisotopic (exact) mass is 83.1 g/mol. The van der Waals surface area contributed by atoms with Gasteiger partial charge in [0.2, 0.25) is 0 Å². The van der Waals surface area contributed by atoms with E-state index in [9.17, 15) is 0 Å². The summed E-state index contributed by atoms with van der Waals surface area (Å²) in [6.07, 6.45) is 2.55. The van der Waals surface area contributed by atoms with Gasteiger partial charge in [-0.2, -0.15) is 0 Å². The van der Waals surface area contributed by atoms with Gasteiger partial charge in [-0.3, -0.25) is 0 Å². The van der Waals surface area contributed by atoms with E-state index in [-0.39, 0.29) is 0 Å². The van der Waals surface area contributed by atoms with E-state index < -0.39 is 0 Å². The maximum Gasteiger partial charge on any atom is 0.111 e. The molecule has 1 radical (unpaired) electrons. The number of hydrogen-bond donors (Lipinski definition) is 1. The third-order valence-electron chi connectivity index (χ3n) is 0.353. The molecule has 2 nitrogen and oxygen atoms in total. The van der Waals surface area contributed by atoms with Crippen LogP contribution in [0.4, 0.5) is 0 Å². The average Bonchev–Trinajstić information content (AvgIpc) is 1.61. The first-order valence-electron chi connectivity index (χ1n) is 1.72. The summed E-state index contributed by atoms with van der Waals surface area (Å²) in [5.41, 5.74) is 0. The maximum absolute atomic E-state index is 7.91. The Kier molecular flexibility index (Phi) is 3.66. The molecule has 1 N–H and O–H groups in total. The van der Waals surface area contributed by atoms with Crippen LogP contribution in [-0.4, -0.2) is 12.9 Å². The quantitative estimate of drug-likeness (QED) is 0.214. The second-order valence-corrected chi connectivity index (χ2v) is 0.826. The molecule has 0 aromatic carbocycles. The molecule has 0 rings (SSSR count). The SMILES string of the molecule is C=CCNC=[N]. The average molecular weight is 83.1 g/mol. The summed E-state index contributed by atoms with van der Waals surface area (Å²) in [6.45, 7) is 4.03. The molecular weight excluding hydrogens is 76.1 g/mol. The molecule has 0 saturated carbocycles. The summed E-state index contributed by atoms with van der Waals surface area (Å²) in [4.78, 5) is 0.